The summed E-state index contributed by atoms with van der Waals surface area (Å²) in [5.41, 5.74) is 8.43. The number of benzene rings is 2. The lowest BCUT2D eigenvalue weighted by Gasteiger charge is -2.13. The second kappa shape index (κ2) is 9.20. The molecule has 0 fully saturated rings. The summed E-state index contributed by atoms with van der Waals surface area (Å²) in [7, 11) is 4.64. The van der Waals surface area contributed by atoms with Crippen molar-refractivity contribution in [3.05, 3.63) is 58.3 Å². The molecule has 3 rings (SSSR count). The van der Waals surface area contributed by atoms with Crippen LogP contribution < -0.4 is 30.0 Å². The molecule has 1 aromatic heterocycles. The third kappa shape index (κ3) is 4.91. The van der Waals surface area contributed by atoms with E-state index in [-0.39, 0.29) is 12.5 Å². The number of anilines is 2. The summed E-state index contributed by atoms with van der Waals surface area (Å²) in [4.78, 5) is 12.7. The molecule has 29 heavy (non-hydrogen) atoms. The maximum Gasteiger partial charge on any atom is 0.255 e. The van der Waals surface area contributed by atoms with Gasteiger partial charge in [-0.25, -0.2) is 0 Å². The van der Waals surface area contributed by atoms with Crippen LogP contribution in [0.3, 0.4) is 0 Å². The summed E-state index contributed by atoms with van der Waals surface area (Å²) in [6, 6.07) is 10.1. The van der Waals surface area contributed by atoms with Crippen LogP contribution in [0.4, 0.5) is 11.4 Å². The van der Waals surface area contributed by atoms with Crippen LogP contribution in [-0.4, -0.2) is 27.2 Å². The highest BCUT2D eigenvalue weighted by molar-refractivity contribution is 7.08. The lowest BCUT2D eigenvalue weighted by molar-refractivity contribution is 0.102. The number of nitrogens with one attached hydrogen (secondary N) is 1. The molecule has 0 aliphatic carbocycles. The molecule has 2 aromatic carbocycles. The predicted molar refractivity (Wildman–Crippen MR) is 114 cm³/mol. The fourth-order valence-corrected chi connectivity index (χ4v) is 3.35. The fourth-order valence-electron chi connectivity index (χ4n) is 2.62. The Kier molecular flexibility index (Phi) is 6.46. The molecule has 0 atom stereocenters. The minimum absolute atomic E-state index is 0.282. The van der Waals surface area contributed by atoms with Gasteiger partial charge in [0.05, 0.1) is 21.3 Å². The van der Waals surface area contributed by atoms with Crippen molar-refractivity contribution in [2.45, 2.75) is 6.61 Å². The highest BCUT2D eigenvalue weighted by Gasteiger charge is 2.13. The molecule has 0 bridgehead atoms. The van der Waals surface area contributed by atoms with Crippen molar-refractivity contribution in [2.24, 2.45) is 0 Å². The number of ether oxygens (including phenoxy) is 4. The molecular formula is C21H22N2O5S. The molecule has 0 radical (unpaired) electrons. The molecule has 8 heteroatoms. The molecular weight excluding hydrogens is 392 g/mol. The Morgan fingerprint density at radius 1 is 0.966 bits per heavy atom. The Morgan fingerprint density at radius 3 is 2.28 bits per heavy atom. The fraction of sp³-hybridized carbons (Fsp3) is 0.190. The highest BCUT2D eigenvalue weighted by Crippen LogP contribution is 2.31. The van der Waals surface area contributed by atoms with Gasteiger partial charge >= 0.3 is 0 Å². The van der Waals surface area contributed by atoms with E-state index in [1.165, 1.54) is 11.3 Å². The van der Waals surface area contributed by atoms with Gasteiger partial charge in [0.25, 0.3) is 5.91 Å². The molecule has 3 N–H and O–H groups in total. The summed E-state index contributed by atoms with van der Waals surface area (Å²) < 4.78 is 21.7. The van der Waals surface area contributed by atoms with Gasteiger partial charge in [0.1, 0.15) is 18.1 Å². The van der Waals surface area contributed by atoms with Gasteiger partial charge in [0, 0.05) is 46.1 Å². The van der Waals surface area contributed by atoms with Crippen LogP contribution in [0.5, 0.6) is 23.0 Å². The summed E-state index contributed by atoms with van der Waals surface area (Å²) in [6.45, 7) is 0.282. The third-order valence-corrected chi connectivity index (χ3v) is 5.01. The minimum Gasteiger partial charge on any atom is -0.497 e. The number of carbonyl (C=O) groups is 1. The summed E-state index contributed by atoms with van der Waals surface area (Å²) in [6.07, 6.45) is 0. The Morgan fingerprint density at radius 2 is 1.69 bits per heavy atom. The maximum absolute atomic E-state index is 12.7. The number of amides is 1. The number of rotatable bonds is 8. The smallest absolute Gasteiger partial charge is 0.255 e. The van der Waals surface area contributed by atoms with E-state index in [1.54, 1.807) is 57.7 Å². The number of thiophene rings is 1. The average molecular weight is 414 g/mol. The molecule has 1 heterocycles. The van der Waals surface area contributed by atoms with Gasteiger partial charge in [-0.3, -0.25) is 4.79 Å². The lowest BCUT2D eigenvalue weighted by atomic mass is 10.1. The zero-order valence-electron chi connectivity index (χ0n) is 16.4. The first-order valence-electron chi connectivity index (χ1n) is 8.70. The van der Waals surface area contributed by atoms with E-state index in [9.17, 15) is 4.79 Å². The van der Waals surface area contributed by atoms with Gasteiger partial charge in [-0.2, -0.15) is 0 Å². The van der Waals surface area contributed by atoms with Crippen LogP contribution in [0, 0.1) is 0 Å². The Balaban J connectivity index is 1.79. The molecule has 0 unspecified atom stereocenters. The van der Waals surface area contributed by atoms with Crippen molar-refractivity contribution in [1.29, 1.82) is 0 Å². The number of carbonyl (C=O) groups excluding carboxylic acids is 1. The highest BCUT2D eigenvalue weighted by atomic mass is 32.1. The van der Waals surface area contributed by atoms with Crippen molar-refractivity contribution < 1.29 is 23.7 Å². The summed E-state index contributed by atoms with van der Waals surface area (Å²) >= 11 is 1.51. The van der Waals surface area contributed by atoms with Crippen molar-refractivity contribution in [3.63, 3.8) is 0 Å². The number of hydrogen-bond acceptors (Lipinski definition) is 7. The average Bonchev–Trinajstić information content (AvgIpc) is 3.16. The molecule has 1 amide bonds. The minimum atomic E-state index is -0.303. The Labute approximate surface area is 173 Å². The van der Waals surface area contributed by atoms with E-state index >= 15 is 0 Å². The van der Waals surface area contributed by atoms with Crippen LogP contribution >= 0.6 is 11.3 Å². The first kappa shape index (κ1) is 20.3. The second-order valence-corrected chi connectivity index (χ2v) is 6.81. The van der Waals surface area contributed by atoms with Crippen molar-refractivity contribution in [3.8, 4) is 23.0 Å². The van der Waals surface area contributed by atoms with Crippen LogP contribution in [0.1, 0.15) is 15.9 Å². The largest absolute Gasteiger partial charge is 0.497 e. The first-order chi connectivity index (χ1) is 14.0. The van der Waals surface area contributed by atoms with E-state index < -0.39 is 0 Å². The van der Waals surface area contributed by atoms with E-state index in [2.05, 4.69) is 5.32 Å². The topological polar surface area (TPSA) is 92.0 Å². The number of methoxy groups -OCH3 is 3. The van der Waals surface area contributed by atoms with Crippen molar-refractivity contribution in [2.75, 3.05) is 32.4 Å². The van der Waals surface area contributed by atoms with Gasteiger partial charge in [0.2, 0.25) is 0 Å². The molecule has 7 nitrogen and oxygen atoms in total. The summed E-state index contributed by atoms with van der Waals surface area (Å²) in [5, 5.41) is 6.61. The lowest BCUT2D eigenvalue weighted by Crippen LogP contribution is -2.12. The van der Waals surface area contributed by atoms with Gasteiger partial charge in [0.15, 0.2) is 11.5 Å². The third-order valence-electron chi connectivity index (χ3n) is 4.19. The van der Waals surface area contributed by atoms with Crippen molar-refractivity contribution in [1.82, 2.24) is 0 Å². The molecule has 152 valence electrons. The first-order valence-corrected chi connectivity index (χ1v) is 9.64. The van der Waals surface area contributed by atoms with E-state index in [4.69, 9.17) is 24.7 Å². The number of hydrogen-bond donors (Lipinski definition) is 2. The van der Waals surface area contributed by atoms with Gasteiger partial charge in [-0.1, -0.05) is 0 Å². The van der Waals surface area contributed by atoms with Crippen molar-refractivity contribution >= 4 is 28.6 Å². The van der Waals surface area contributed by atoms with Crippen LogP contribution in [-0.2, 0) is 6.61 Å². The number of nitrogens with two attached hydrogens (primary N) is 1. The predicted octanol–water partition coefficient (Wildman–Crippen LogP) is 4.19. The maximum atomic E-state index is 12.7. The zero-order chi connectivity index (χ0) is 20.8. The van der Waals surface area contributed by atoms with Gasteiger partial charge in [-0.05, 0) is 23.6 Å². The van der Waals surface area contributed by atoms with Gasteiger partial charge < -0.3 is 30.0 Å². The second-order valence-electron chi connectivity index (χ2n) is 6.06. The Hall–Kier alpha value is -3.39. The SMILES string of the molecule is COc1cc(NC(=O)c2ccc(OC)c(OCc3cscc3N)c2)cc(OC)c1. The van der Waals surface area contributed by atoms with E-state index in [1.807, 2.05) is 10.8 Å². The molecule has 0 aliphatic heterocycles. The molecule has 0 saturated heterocycles. The number of nitrogen functional groups attached to an aromatic ring is 1. The zero-order valence-corrected chi connectivity index (χ0v) is 17.2. The monoisotopic (exact) mass is 414 g/mol. The van der Waals surface area contributed by atoms with E-state index in [0.717, 1.165) is 5.56 Å². The van der Waals surface area contributed by atoms with E-state index in [0.29, 0.717) is 39.9 Å². The summed E-state index contributed by atoms with van der Waals surface area (Å²) in [5.74, 6) is 1.83. The standard InChI is InChI=1S/C21H22N2O5S/c1-25-16-7-15(8-17(9-16)26-2)23-21(24)13-4-5-19(27-3)20(6-13)28-10-14-11-29-12-18(14)22/h4-9,11-12H,10,22H2,1-3H3,(H,23,24). The van der Waals surface area contributed by atoms with Crippen LogP contribution in [0.25, 0.3) is 0 Å². The molecule has 0 spiro atoms. The van der Waals surface area contributed by atoms with Crippen LogP contribution in [0.15, 0.2) is 47.2 Å². The molecule has 3 aromatic rings. The van der Waals surface area contributed by atoms with Crippen LogP contribution in [0.2, 0.25) is 0 Å². The normalized spacial score (nSPS) is 10.3. The molecule has 0 aliphatic rings. The quantitative estimate of drug-likeness (QED) is 0.574. The molecule has 0 saturated carbocycles. The Bertz CT molecular complexity index is 980. The van der Waals surface area contributed by atoms with Gasteiger partial charge in [-0.15, -0.1) is 11.3 Å².